The van der Waals surface area contributed by atoms with Crippen molar-refractivity contribution in [3.05, 3.63) is 169 Å². The first kappa shape index (κ1) is 42.6. The fourth-order valence-corrected chi connectivity index (χ4v) is 10.7. The average molecular weight is 891 g/mol. The van der Waals surface area contributed by atoms with E-state index in [2.05, 4.69) is 172 Å². The van der Waals surface area contributed by atoms with Gasteiger partial charge in [-0.25, -0.2) is 9.13 Å². The number of fused-ring (bicyclic) bond motifs is 2. The van der Waals surface area contributed by atoms with Gasteiger partial charge in [-0.15, -0.1) is 34.0 Å². The summed E-state index contributed by atoms with van der Waals surface area (Å²) >= 11 is 5.46. The number of thiophene rings is 3. The van der Waals surface area contributed by atoms with Crippen LogP contribution in [0.3, 0.4) is 0 Å². The molecule has 5 heterocycles. The molecule has 9 rings (SSSR count). The highest BCUT2D eigenvalue weighted by atomic mass is 32.1. The van der Waals surface area contributed by atoms with Gasteiger partial charge in [0.05, 0.1) is 33.0 Å². The van der Waals surface area contributed by atoms with Crippen LogP contribution in [0, 0.1) is 0 Å². The average Bonchev–Trinajstić information content (AvgIpc) is 4.15. The molecule has 0 aliphatic rings. The Labute approximate surface area is 380 Å². The lowest BCUT2D eigenvalue weighted by Gasteiger charge is -2.19. The quantitative estimate of drug-likeness (QED) is 0.0531. The van der Waals surface area contributed by atoms with Crippen LogP contribution in [0.25, 0.3) is 63.3 Å². The maximum absolute atomic E-state index is 6.88. The minimum absolute atomic E-state index is 0.499. The molecular formula is C53H50N2O5S3+2. The van der Waals surface area contributed by atoms with Crippen molar-refractivity contribution in [2.24, 2.45) is 0 Å². The van der Waals surface area contributed by atoms with E-state index in [-0.39, 0.29) is 0 Å². The molecule has 7 nitrogen and oxygen atoms in total. The van der Waals surface area contributed by atoms with Crippen LogP contribution in [0.4, 0.5) is 0 Å². The van der Waals surface area contributed by atoms with E-state index in [1.807, 2.05) is 11.3 Å². The molecule has 0 aliphatic heterocycles. The molecule has 63 heavy (non-hydrogen) atoms. The molecule has 5 aromatic heterocycles. The molecule has 0 N–H and O–H groups in total. The fraction of sp³-hybridized carbons (Fsp3) is 0.208. The van der Waals surface area contributed by atoms with Gasteiger partial charge in [0, 0.05) is 68.4 Å². The van der Waals surface area contributed by atoms with Crippen LogP contribution in [0.15, 0.2) is 163 Å². The monoisotopic (exact) mass is 890 g/mol. The number of pyridine rings is 2. The number of hydrogen-bond acceptors (Lipinski definition) is 8. The van der Waals surface area contributed by atoms with E-state index in [1.165, 1.54) is 25.1 Å². The highest BCUT2D eigenvalue weighted by Gasteiger charge is 2.21. The molecule has 0 saturated carbocycles. The minimum atomic E-state index is 0.499. The first-order chi connectivity index (χ1) is 31.2. The highest BCUT2D eigenvalue weighted by Crippen LogP contribution is 2.46. The van der Waals surface area contributed by atoms with Crippen LogP contribution in [0.1, 0.15) is 5.56 Å². The van der Waals surface area contributed by atoms with Gasteiger partial charge in [-0.05, 0) is 79.3 Å². The summed E-state index contributed by atoms with van der Waals surface area (Å²) in [4.78, 5) is 5.24. The van der Waals surface area contributed by atoms with Crippen LogP contribution in [-0.4, -0.2) is 53.4 Å². The van der Waals surface area contributed by atoms with Crippen LogP contribution in [0.5, 0.6) is 11.5 Å². The van der Waals surface area contributed by atoms with Gasteiger partial charge in [-0.3, -0.25) is 0 Å². The highest BCUT2D eigenvalue weighted by molar-refractivity contribution is 7.26. The Kier molecular flexibility index (Phi) is 14.3. The van der Waals surface area contributed by atoms with Gasteiger partial charge < -0.3 is 23.7 Å². The zero-order valence-corrected chi connectivity index (χ0v) is 37.8. The summed E-state index contributed by atoms with van der Waals surface area (Å²) in [6, 6.07) is 45.4. The van der Waals surface area contributed by atoms with Crippen molar-refractivity contribution in [3.63, 3.8) is 0 Å². The van der Waals surface area contributed by atoms with E-state index in [0.29, 0.717) is 52.8 Å². The molecule has 4 aromatic carbocycles. The Balaban J connectivity index is 0.904. The first-order valence-electron chi connectivity index (χ1n) is 21.3. The van der Waals surface area contributed by atoms with Crippen LogP contribution in [-0.2, 0) is 33.7 Å². The number of methoxy groups -OCH3 is 1. The Morgan fingerprint density at radius 2 is 1.02 bits per heavy atom. The van der Waals surface area contributed by atoms with Crippen LogP contribution < -0.4 is 18.6 Å². The van der Waals surface area contributed by atoms with Crippen molar-refractivity contribution in [2.75, 3.05) is 53.4 Å². The molecule has 0 amide bonds. The summed E-state index contributed by atoms with van der Waals surface area (Å²) < 4.78 is 34.2. The lowest BCUT2D eigenvalue weighted by molar-refractivity contribution is -0.698. The van der Waals surface area contributed by atoms with Gasteiger partial charge in [0.15, 0.2) is 37.9 Å². The number of rotatable bonds is 21. The Morgan fingerprint density at radius 1 is 0.476 bits per heavy atom. The van der Waals surface area contributed by atoms with E-state index < -0.39 is 0 Å². The largest absolute Gasteiger partial charge is 0.493 e. The molecule has 318 valence electrons. The van der Waals surface area contributed by atoms with E-state index in [0.717, 1.165) is 68.3 Å². The summed E-state index contributed by atoms with van der Waals surface area (Å²) in [6.07, 6.45) is 9.25. The predicted octanol–water partition coefficient (Wildman–Crippen LogP) is 11.8. The summed E-state index contributed by atoms with van der Waals surface area (Å²) in [6.45, 7) is 5.49. The lowest BCUT2D eigenvalue weighted by atomic mass is 9.92. The zero-order chi connectivity index (χ0) is 42.6. The lowest BCUT2D eigenvalue weighted by Crippen LogP contribution is -2.36. The molecule has 9 aromatic rings. The van der Waals surface area contributed by atoms with Crippen molar-refractivity contribution in [2.45, 2.75) is 19.5 Å². The number of benzene rings is 4. The molecule has 10 heteroatoms. The van der Waals surface area contributed by atoms with E-state index in [9.17, 15) is 0 Å². The van der Waals surface area contributed by atoms with Crippen molar-refractivity contribution < 1.29 is 32.8 Å². The van der Waals surface area contributed by atoms with Crippen LogP contribution in [0.2, 0.25) is 0 Å². The standard InChI is InChI=1S/C53H50N2O5S3/c1-56-32-33-58-35-34-57-30-27-54-23-18-39(19-24-54)40-20-25-55(26-21-40)28-31-60-47-17-15-42-9-3-5-11-45(42)52(47)51-44-10-4-2-8-41(44)14-16-46(51)59-29-22-43-38-50(48-12-6-36-61-48)63-53(43)49-13-7-37-62-49/h2-21,23-26,36-38H,22,27-35H2,1H3/q+2. The summed E-state index contributed by atoms with van der Waals surface area (Å²) in [5.41, 5.74) is 5.75. The maximum atomic E-state index is 6.88. The molecular weight excluding hydrogens is 841 g/mol. The fourth-order valence-electron chi connectivity index (χ4n) is 7.79. The third kappa shape index (κ3) is 10.4. The van der Waals surface area contributed by atoms with Gasteiger partial charge in [0.1, 0.15) is 24.7 Å². The number of ether oxygens (including phenoxy) is 5. The molecule has 0 spiro atoms. The molecule has 0 atom stereocenters. The second-order valence-corrected chi connectivity index (χ2v) is 18.0. The number of aromatic nitrogens is 2. The Morgan fingerprint density at radius 3 is 1.60 bits per heavy atom. The summed E-state index contributed by atoms with van der Waals surface area (Å²) in [7, 11) is 1.67. The summed E-state index contributed by atoms with van der Waals surface area (Å²) in [5, 5.41) is 8.88. The molecule has 0 aliphatic carbocycles. The van der Waals surface area contributed by atoms with Gasteiger partial charge in [-0.2, -0.15) is 0 Å². The predicted molar refractivity (Wildman–Crippen MR) is 258 cm³/mol. The summed E-state index contributed by atoms with van der Waals surface area (Å²) in [5.74, 6) is 1.69. The Bertz CT molecular complexity index is 2840. The molecule has 0 saturated heterocycles. The molecule has 0 unspecified atom stereocenters. The van der Waals surface area contributed by atoms with Crippen molar-refractivity contribution >= 4 is 55.6 Å². The number of nitrogens with zero attached hydrogens (tertiary/aromatic N) is 2. The SMILES string of the molecule is COCCOCCOCC[n+]1ccc(-c2cc[n+](CCOc3ccc4ccccc4c3-c3c(OCCc4cc(-c5cccs5)sc4-c4cccs4)ccc4ccccc34)cc2)cc1. The molecule has 0 radical (unpaired) electrons. The van der Waals surface area contributed by atoms with Crippen LogP contribution >= 0.6 is 34.0 Å². The van der Waals surface area contributed by atoms with Crippen molar-refractivity contribution in [3.8, 4) is 53.3 Å². The van der Waals surface area contributed by atoms with E-state index >= 15 is 0 Å². The third-order valence-corrected chi connectivity index (χ3v) is 14.3. The smallest absolute Gasteiger partial charge is 0.182 e. The second kappa shape index (κ2) is 21.1. The van der Waals surface area contributed by atoms with Crippen molar-refractivity contribution in [1.82, 2.24) is 0 Å². The normalized spacial score (nSPS) is 11.4. The topological polar surface area (TPSA) is 53.9 Å². The second-order valence-electron chi connectivity index (χ2n) is 15.1. The van der Waals surface area contributed by atoms with Gasteiger partial charge in [-0.1, -0.05) is 72.8 Å². The van der Waals surface area contributed by atoms with Gasteiger partial charge in [0.25, 0.3) is 0 Å². The van der Waals surface area contributed by atoms with Gasteiger partial charge >= 0.3 is 0 Å². The Hall–Kier alpha value is -5.72. The molecule has 0 bridgehead atoms. The minimum Gasteiger partial charge on any atom is -0.493 e. The maximum Gasteiger partial charge on any atom is 0.182 e. The first-order valence-corrected chi connectivity index (χ1v) is 23.9. The van der Waals surface area contributed by atoms with Crippen molar-refractivity contribution in [1.29, 1.82) is 0 Å². The van der Waals surface area contributed by atoms with Gasteiger partial charge in [0.2, 0.25) is 0 Å². The van der Waals surface area contributed by atoms with E-state index in [4.69, 9.17) is 23.7 Å². The zero-order valence-electron chi connectivity index (χ0n) is 35.3. The molecule has 0 fully saturated rings. The van der Waals surface area contributed by atoms with E-state index in [1.54, 1.807) is 29.8 Å². The third-order valence-electron chi connectivity index (χ3n) is 11.0. The number of hydrogen-bond donors (Lipinski definition) is 0.